The minimum Gasteiger partial charge on any atom is -0.493 e. The highest BCUT2D eigenvalue weighted by Gasteiger charge is 2.21. The molecular formula is C20H19BrO3. The van der Waals surface area contributed by atoms with Crippen molar-refractivity contribution in [1.82, 2.24) is 0 Å². The second-order valence-electron chi connectivity index (χ2n) is 5.74. The molecule has 3 nitrogen and oxygen atoms in total. The molecule has 1 atom stereocenters. The molecule has 1 heterocycles. The maximum absolute atomic E-state index is 12.4. The van der Waals surface area contributed by atoms with Crippen molar-refractivity contribution in [2.75, 3.05) is 6.61 Å². The van der Waals surface area contributed by atoms with Gasteiger partial charge in [0.1, 0.15) is 17.6 Å². The van der Waals surface area contributed by atoms with E-state index in [-0.39, 0.29) is 11.9 Å². The highest BCUT2D eigenvalue weighted by molar-refractivity contribution is 9.10. The Morgan fingerprint density at radius 2 is 2.17 bits per heavy atom. The summed E-state index contributed by atoms with van der Waals surface area (Å²) in [5.74, 6) is 1.60. The smallest absolute Gasteiger partial charge is 0.186 e. The van der Waals surface area contributed by atoms with E-state index < -0.39 is 0 Å². The van der Waals surface area contributed by atoms with Crippen LogP contribution < -0.4 is 9.47 Å². The Hall–Kier alpha value is -2.07. The lowest BCUT2D eigenvalue weighted by Gasteiger charge is -2.10. The van der Waals surface area contributed by atoms with Crippen LogP contribution in [0.2, 0.25) is 0 Å². The summed E-state index contributed by atoms with van der Waals surface area (Å²) < 4.78 is 12.3. The standard InChI is InChI=1S/C20H19BrO3/c1-3-23-19-12-15-10-13(2)24-20(15)11-14(19)8-9-18(22)16-6-4-5-7-17(16)21/h4-9,11-13H,3,10H2,1-2H3/b9-8+/t13-/m0/s1. The predicted octanol–water partition coefficient (Wildman–Crippen LogP) is 5.07. The topological polar surface area (TPSA) is 35.5 Å². The Labute approximate surface area is 150 Å². The zero-order valence-corrected chi connectivity index (χ0v) is 15.3. The minimum atomic E-state index is -0.0558. The Bertz CT molecular complexity index is 795. The van der Waals surface area contributed by atoms with Crippen LogP contribution in [-0.2, 0) is 6.42 Å². The number of rotatable bonds is 5. The summed E-state index contributed by atoms with van der Waals surface area (Å²) in [7, 11) is 0. The van der Waals surface area contributed by atoms with Crippen LogP contribution in [0.5, 0.6) is 11.5 Å². The summed E-state index contributed by atoms with van der Waals surface area (Å²) in [6, 6.07) is 11.4. The van der Waals surface area contributed by atoms with Crippen molar-refractivity contribution in [2.45, 2.75) is 26.4 Å². The third-order valence-electron chi connectivity index (χ3n) is 3.88. The third-order valence-corrected chi connectivity index (χ3v) is 4.57. The van der Waals surface area contributed by atoms with Gasteiger partial charge in [-0.15, -0.1) is 0 Å². The Morgan fingerprint density at radius 3 is 2.92 bits per heavy atom. The van der Waals surface area contributed by atoms with E-state index in [1.165, 1.54) is 0 Å². The van der Waals surface area contributed by atoms with Gasteiger partial charge in [-0.3, -0.25) is 4.79 Å². The Balaban J connectivity index is 1.90. The van der Waals surface area contributed by atoms with Crippen LogP contribution >= 0.6 is 15.9 Å². The SMILES string of the molecule is CCOc1cc2c(cc1/C=C/C(=O)c1ccccc1Br)O[C@@H](C)C2. The molecule has 1 aliphatic heterocycles. The van der Waals surface area contributed by atoms with Crippen molar-refractivity contribution in [3.63, 3.8) is 0 Å². The monoisotopic (exact) mass is 386 g/mol. The summed E-state index contributed by atoms with van der Waals surface area (Å²) in [5, 5.41) is 0. The summed E-state index contributed by atoms with van der Waals surface area (Å²) >= 11 is 3.41. The first-order valence-electron chi connectivity index (χ1n) is 8.01. The molecule has 0 aliphatic carbocycles. The molecule has 0 amide bonds. The number of halogens is 1. The zero-order valence-electron chi connectivity index (χ0n) is 13.7. The Kier molecular flexibility index (Phi) is 5.05. The van der Waals surface area contributed by atoms with E-state index in [1.54, 1.807) is 18.2 Å². The molecule has 0 fully saturated rings. The molecule has 0 aromatic heterocycles. The van der Waals surface area contributed by atoms with Crippen molar-refractivity contribution in [3.8, 4) is 11.5 Å². The largest absolute Gasteiger partial charge is 0.493 e. The van der Waals surface area contributed by atoms with E-state index in [2.05, 4.69) is 15.9 Å². The molecular weight excluding hydrogens is 368 g/mol. The van der Waals surface area contributed by atoms with Gasteiger partial charge in [-0.25, -0.2) is 0 Å². The van der Waals surface area contributed by atoms with Crippen LogP contribution in [0.3, 0.4) is 0 Å². The van der Waals surface area contributed by atoms with E-state index in [4.69, 9.17) is 9.47 Å². The fraction of sp³-hybridized carbons (Fsp3) is 0.250. The van der Waals surface area contributed by atoms with E-state index in [1.807, 2.05) is 44.2 Å². The van der Waals surface area contributed by atoms with Gasteiger partial charge < -0.3 is 9.47 Å². The fourth-order valence-electron chi connectivity index (χ4n) is 2.78. The normalized spacial score (nSPS) is 16.0. The van der Waals surface area contributed by atoms with Crippen LogP contribution in [0.4, 0.5) is 0 Å². The van der Waals surface area contributed by atoms with Gasteiger partial charge in [-0.2, -0.15) is 0 Å². The highest BCUT2D eigenvalue weighted by Crippen LogP contribution is 2.35. The number of carbonyl (C=O) groups excluding carboxylic acids is 1. The summed E-state index contributed by atoms with van der Waals surface area (Å²) in [4.78, 5) is 12.4. The second kappa shape index (κ2) is 7.22. The first-order chi connectivity index (χ1) is 11.6. The van der Waals surface area contributed by atoms with Gasteiger partial charge in [0.2, 0.25) is 0 Å². The van der Waals surface area contributed by atoms with Crippen molar-refractivity contribution < 1.29 is 14.3 Å². The second-order valence-corrected chi connectivity index (χ2v) is 6.60. The molecule has 3 rings (SSSR count). The van der Waals surface area contributed by atoms with Crippen molar-refractivity contribution in [1.29, 1.82) is 0 Å². The quantitative estimate of drug-likeness (QED) is 0.531. The van der Waals surface area contributed by atoms with Crippen LogP contribution in [-0.4, -0.2) is 18.5 Å². The van der Waals surface area contributed by atoms with Gasteiger partial charge >= 0.3 is 0 Å². The van der Waals surface area contributed by atoms with Gasteiger partial charge in [-0.05, 0) is 50.3 Å². The van der Waals surface area contributed by atoms with E-state index in [0.29, 0.717) is 12.2 Å². The minimum absolute atomic E-state index is 0.0558. The van der Waals surface area contributed by atoms with Crippen LogP contribution in [0, 0.1) is 0 Å². The summed E-state index contributed by atoms with van der Waals surface area (Å²) in [6.45, 7) is 4.58. The lowest BCUT2D eigenvalue weighted by atomic mass is 10.0. The third kappa shape index (κ3) is 3.54. The lowest BCUT2D eigenvalue weighted by Crippen LogP contribution is -2.05. The molecule has 0 bridgehead atoms. The number of ether oxygens (including phenoxy) is 2. The maximum atomic E-state index is 12.4. The van der Waals surface area contributed by atoms with Crippen LogP contribution in [0.1, 0.15) is 35.3 Å². The number of benzene rings is 2. The van der Waals surface area contributed by atoms with Gasteiger partial charge in [-0.1, -0.05) is 28.1 Å². The van der Waals surface area contributed by atoms with Crippen molar-refractivity contribution in [3.05, 3.63) is 63.6 Å². The molecule has 4 heteroatoms. The number of allylic oxidation sites excluding steroid dienone is 1. The van der Waals surface area contributed by atoms with E-state index in [9.17, 15) is 4.79 Å². The summed E-state index contributed by atoms with van der Waals surface area (Å²) in [5.41, 5.74) is 2.64. The molecule has 0 radical (unpaired) electrons. The molecule has 1 aliphatic rings. The molecule has 0 spiro atoms. The average molecular weight is 387 g/mol. The van der Waals surface area contributed by atoms with Crippen molar-refractivity contribution in [2.24, 2.45) is 0 Å². The molecule has 2 aromatic rings. The number of hydrogen-bond acceptors (Lipinski definition) is 3. The van der Waals surface area contributed by atoms with Gasteiger partial charge in [0.15, 0.2) is 5.78 Å². The molecule has 0 N–H and O–H groups in total. The average Bonchev–Trinajstić information content (AvgIpc) is 2.92. The van der Waals surface area contributed by atoms with Gasteiger partial charge in [0, 0.05) is 27.6 Å². The maximum Gasteiger partial charge on any atom is 0.186 e. The predicted molar refractivity (Wildman–Crippen MR) is 98.9 cm³/mol. The molecule has 0 saturated heterocycles. The lowest BCUT2D eigenvalue weighted by molar-refractivity contribution is 0.104. The van der Waals surface area contributed by atoms with Crippen molar-refractivity contribution >= 4 is 27.8 Å². The molecule has 0 unspecified atom stereocenters. The zero-order chi connectivity index (χ0) is 17.1. The van der Waals surface area contributed by atoms with E-state index >= 15 is 0 Å². The van der Waals surface area contributed by atoms with Crippen LogP contribution in [0.15, 0.2) is 46.9 Å². The van der Waals surface area contributed by atoms with Crippen LogP contribution in [0.25, 0.3) is 6.08 Å². The molecule has 0 saturated carbocycles. The molecule has 24 heavy (non-hydrogen) atoms. The van der Waals surface area contributed by atoms with E-state index in [0.717, 1.165) is 33.5 Å². The first kappa shape index (κ1) is 16.8. The highest BCUT2D eigenvalue weighted by atomic mass is 79.9. The Morgan fingerprint density at radius 1 is 1.38 bits per heavy atom. The molecule has 124 valence electrons. The van der Waals surface area contributed by atoms with Gasteiger partial charge in [0.05, 0.1) is 6.61 Å². The number of carbonyl (C=O) groups is 1. The van der Waals surface area contributed by atoms with Gasteiger partial charge in [0.25, 0.3) is 0 Å². The number of fused-ring (bicyclic) bond motifs is 1. The summed E-state index contributed by atoms with van der Waals surface area (Å²) in [6.07, 6.45) is 4.42. The number of ketones is 1. The fourth-order valence-corrected chi connectivity index (χ4v) is 3.26. The number of hydrogen-bond donors (Lipinski definition) is 0. The first-order valence-corrected chi connectivity index (χ1v) is 8.81. The molecule has 2 aromatic carbocycles.